The van der Waals surface area contributed by atoms with Gasteiger partial charge in [0.1, 0.15) is 0 Å². The summed E-state index contributed by atoms with van der Waals surface area (Å²) in [6, 6.07) is 13.0. The zero-order valence-electron chi connectivity index (χ0n) is 18.6. The van der Waals surface area contributed by atoms with Gasteiger partial charge in [0.25, 0.3) is 5.91 Å². The molecule has 3 rings (SSSR count). The first kappa shape index (κ1) is 22.6. The van der Waals surface area contributed by atoms with Crippen LogP contribution in [0.25, 0.3) is 0 Å². The number of hydrogen-bond acceptors (Lipinski definition) is 3. The molecule has 2 aromatic carbocycles. The summed E-state index contributed by atoms with van der Waals surface area (Å²) in [4.78, 5) is 17.6. The van der Waals surface area contributed by atoms with Gasteiger partial charge in [0.15, 0.2) is 0 Å². The lowest BCUT2D eigenvalue weighted by Gasteiger charge is -2.15. The van der Waals surface area contributed by atoms with Crippen LogP contribution in [0.2, 0.25) is 5.02 Å². The first-order chi connectivity index (χ1) is 14.8. The Morgan fingerprint density at radius 3 is 2.48 bits per heavy atom. The molecule has 0 saturated carbocycles. The molecule has 1 aromatic heterocycles. The highest BCUT2D eigenvalue weighted by Gasteiger charge is 2.14. The molecule has 0 aliphatic carbocycles. The average molecular weight is 438 g/mol. The van der Waals surface area contributed by atoms with E-state index in [0.29, 0.717) is 23.1 Å². The summed E-state index contributed by atoms with van der Waals surface area (Å²) < 4.78 is 1.96. The first-order valence-electron chi connectivity index (χ1n) is 10.3. The highest BCUT2D eigenvalue weighted by molar-refractivity contribution is 6.30. The van der Waals surface area contributed by atoms with Crippen molar-refractivity contribution < 1.29 is 4.79 Å². The third-order valence-electron chi connectivity index (χ3n) is 5.29. The third kappa shape index (κ3) is 5.33. The average Bonchev–Trinajstić information content (AvgIpc) is 3.01. The summed E-state index contributed by atoms with van der Waals surface area (Å²) >= 11 is 6.09. The molecule has 0 saturated heterocycles. The van der Waals surface area contributed by atoms with Crippen LogP contribution in [0.15, 0.2) is 47.5 Å². The maximum absolute atomic E-state index is 12.9. The molecule has 1 amide bonds. The summed E-state index contributed by atoms with van der Waals surface area (Å²) in [5.41, 5.74) is 6.36. The Labute approximate surface area is 188 Å². The van der Waals surface area contributed by atoms with E-state index >= 15 is 0 Å². The lowest BCUT2D eigenvalue weighted by atomic mass is 10.1. The van der Waals surface area contributed by atoms with E-state index in [9.17, 15) is 4.79 Å². The van der Waals surface area contributed by atoms with Gasteiger partial charge in [-0.2, -0.15) is 5.10 Å². The number of nitrogens with zero attached hydrogens (tertiary/aromatic N) is 3. The van der Waals surface area contributed by atoms with Gasteiger partial charge in [-0.05, 0) is 70.0 Å². The molecule has 0 bridgehead atoms. The number of benzene rings is 2. The minimum absolute atomic E-state index is 0.214. The van der Waals surface area contributed by atoms with Crippen LogP contribution >= 0.6 is 11.6 Å². The van der Waals surface area contributed by atoms with Crippen molar-refractivity contribution in [2.24, 2.45) is 4.99 Å². The predicted molar refractivity (Wildman–Crippen MR) is 127 cm³/mol. The molecule has 6 nitrogen and oxygen atoms in total. The van der Waals surface area contributed by atoms with E-state index in [2.05, 4.69) is 22.7 Å². The van der Waals surface area contributed by atoms with Gasteiger partial charge in [0.2, 0.25) is 5.96 Å². The van der Waals surface area contributed by atoms with Crippen LogP contribution in [0.4, 0.5) is 5.69 Å². The molecule has 0 aliphatic rings. The lowest BCUT2D eigenvalue weighted by molar-refractivity contribution is 0.0976. The van der Waals surface area contributed by atoms with Crippen LogP contribution in [0, 0.1) is 27.7 Å². The number of hydrogen-bond donors (Lipinski definition) is 2. The van der Waals surface area contributed by atoms with E-state index in [4.69, 9.17) is 16.6 Å². The Bertz CT molecular complexity index is 1130. The Morgan fingerprint density at radius 1 is 1.10 bits per heavy atom. The number of nitrogens with one attached hydrogen (secondary N) is 2. The molecule has 0 spiro atoms. The number of rotatable bonds is 5. The van der Waals surface area contributed by atoms with E-state index in [1.54, 1.807) is 12.1 Å². The number of amides is 1. The molecule has 3 aromatic rings. The van der Waals surface area contributed by atoms with Crippen molar-refractivity contribution in [3.05, 3.63) is 81.1 Å². The van der Waals surface area contributed by atoms with Crippen LogP contribution in [0.3, 0.4) is 0 Å². The number of carbonyl (C=O) groups excluding carboxylic acids is 1. The molecule has 7 heteroatoms. The SMILES string of the molecule is CCn1nc(C)c(CN=C(NC(=O)c2ccccc2C)Nc2ccc(Cl)cc2C)c1C. The van der Waals surface area contributed by atoms with Crippen LogP contribution in [0.1, 0.15) is 45.4 Å². The van der Waals surface area contributed by atoms with Crippen LogP contribution in [-0.4, -0.2) is 21.6 Å². The van der Waals surface area contributed by atoms with Crippen LogP contribution < -0.4 is 10.6 Å². The van der Waals surface area contributed by atoms with E-state index in [1.165, 1.54) is 0 Å². The molecule has 0 radical (unpaired) electrons. The van der Waals surface area contributed by atoms with Crippen molar-refractivity contribution in [1.29, 1.82) is 0 Å². The van der Waals surface area contributed by atoms with Gasteiger partial charge in [0, 0.05) is 34.1 Å². The summed E-state index contributed by atoms with van der Waals surface area (Å²) in [7, 11) is 0. The molecule has 0 aliphatic heterocycles. The zero-order valence-corrected chi connectivity index (χ0v) is 19.3. The number of aliphatic imine (C=N–C) groups is 1. The molecular formula is C24H28ClN5O. The first-order valence-corrected chi connectivity index (χ1v) is 10.7. The van der Waals surface area contributed by atoms with Gasteiger partial charge in [0.05, 0.1) is 12.2 Å². The third-order valence-corrected chi connectivity index (χ3v) is 5.52. The predicted octanol–water partition coefficient (Wildman–Crippen LogP) is 5.19. The second kappa shape index (κ2) is 9.79. The molecule has 2 N–H and O–H groups in total. The van der Waals surface area contributed by atoms with Crippen molar-refractivity contribution in [2.45, 2.75) is 47.7 Å². The molecular weight excluding hydrogens is 410 g/mol. The molecule has 31 heavy (non-hydrogen) atoms. The summed E-state index contributed by atoms with van der Waals surface area (Å²) in [6.07, 6.45) is 0. The lowest BCUT2D eigenvalue weighted by Crippen LogP contribution is -2.36. The van der Waals surface area contributed by atoms with Crippen molar-refractivity contribution >= 4 is 29.2 Å². The van der Waals surface area contributed by atoms with Gasteiger partial charge in [-0.1, -0.05) is 29.8 Å². The molecule has 0 atom stereocenters. The fourth-order valence-electron chi connectivity index (χ4n) is 3.44. The molecule has 1 heterocycles. The zero-order chi connectivity index (χ0) is 22.5. The largest absolute Gasteiger partial charge is 0.326 e. The monoisotopic (exact) mass is 437 g/mol. The van der Waals surface area contributed by atoms with Crippen molar-refractivity contribution in [1.82, 2.24) is 15.1 Å². The number of carbonyl (C=O) groups is 1. The van der Waals surface area contributed by atoms with E-state index in [-0.39, 0.29) is 5.91 Å². The quantitative estimate of drug-likeness (QED) is 0.426. The number of aromatic nitrogens is 2. The number of anilines is 1. The van der Waals surface area contributed by atoms with Crippen LogP contribution in [-0.2, 0) is 13.1 Å². The second-order valence-electron chi connectivity index (χ2n) is 7.48. The van der Waals surface area contributed by atoms with Gasteiger partial charge in [-0.15, -0.1) is 0 Å². The highest BCUT2D eigenvalue weighted by atomic mass is 35.5. The number of guanidine groups is 1. The van der Waals surface area contributed by atoms with Crippen molar-refractivity contribution in [2.75, 3.05) is 5.32 Å². The molecule has 0 fully saturated rings. The smallest absolute Gasteiger partial charge is 0.258 e. The van der Waals surface area contributed by atoms with E-state index in [0.717, 1.165) is 40.3 Å². The Hall–Kier alpha value is -3.12. The van der Waals surface area contributed by atoms with Gasteiger partial charge in [-0.3, -0.25) is 14.8 Å². The Kier molecular flexibility index (Phi) is 7.13. The summed E-state index contributed by atoms with van der Waals surface area (Å²) in [5.74, 6) is 0.162. The minimum Gasteiger partial charge on any atom is -0.326 e. The summed E-state index contributed by atoms with van der Waals surface area (Å²) in [6.45, 7) is 11.1. The summed E-state index contributed by atoms with van der Waals surface area (Å²) in [5, 5.41) is 11.4. The number of halogens is 1. The second-order valence-corrected chi connectivity index (χ2v) is 7.92. The van der Waals surface area contributed by atoms with E-state index < -0.39 is 0 Å². The topological polar surface area (TPSA) is 71.3 Å². The van der Waals surface area contributed by atoms with Crippen LogP contribution in [0.5, 0.6) is 0 Å². The van der Waals surface area contributed by atoms with Gasteiger partial charge >= 0.3 is 0 Å². The Balaban J connectivity index is 1.91. The molecule has 0 unspecified atom stereocenters. The molecule has 162 valence electrons. The van der Waals surface area contributed by atoms with Gasteiger partial charge in [-0.25, -0.2) is 4.99 Å². The minimum atomic E-state index is -0.214. The fourth-order valence-corrected chi connectivity index (χ4v) is 3.66. The number of aryl methyl sites for hydroxylation is 4. The highest BCUT2D eigenvalue weighted by Crippen LogP contribution is 2.20. The fraction of sp³-hybridized carbons (Fsp3) is 0.292. The Morgan fingerprint density at radius 2 is 1.84 bits per heavy atom. The van der Waals surface area contributed by atoms with Crippen molar-refractivity contribution in [3.63, 3.8) is 0 Å². The van der Waals surface area contributed by atoms with Crippen molar-refractivity contribution in [3.8, 4) is 0 Å². The van der Waals surface area contributed by atoms with Gasteiger partial charge < -0.3 is 5.32 Å². The maximum Gasteiger partial charge on any atom is 0.258 e. The normalized spacial score (nSPS) is 11.5. The maximum atomic E-state index is 12.9. The van der Waals surface area contributed by atoms with E-state index in [1.807, 2.05) is 62.7 Å². The standard InChI is InChI=1S/C24H28ClN5O/c1-6-30-18(5)21(17(4)29-30)14-26-24(27-22-12-11-19(25)13-16(22)3)28-23(31)20-10-8-7-9-15(20)2/h7-13H,6,14H2,1-5H3,(H2,26,27,28,31).